The largest absolute Gasteiger partial charge is 0.488 e. The Morgan fingerprint density at radius 3 is 3.20 bits per heavy atom. The number of ether oxygens (including phenoxy) is 1. The van der Waals surface area contributed by atoms with Crippen LogP contribution in [0.4, 0.5) is 0 Å². The van der Waals surface area contributed by atoms with Gasteiger partial charge in [-0.15, -0.1) is 5.10 Å². The molecule has 1 aromatic carbocycles. The van der Waals surface area contributed by atoms with Gasteiger partial charge in [0.1, 0.15) is 11.9 Å². The predicted molar refractivity (Wildman–Crippen MR) is 74.7 cm³/mol. The van der Waals surface area contributed by atoms with E-state index >= 15 is 0 Å². The smallest absolute Gasteiger partial charge is 0.123 e. The minimum absolute atomic E-state index is 0.124. The molecule has 2 heterocycles. The van der Waals surface area contributed by atoms with Crippen LogP contribution in [-0.2, 0) is 19.4 Å². The van der Waals surface area contributed by atoms with Crippen LogP contribution >= 0.6 is 0 Å². The van der Waals surface area contributed by atoms with Gasteiger partial charge in [0.05, 0.1) is 12.2 Å². The fraction of sp³-hybridized carbons (Fsp3) is 0.467. The van der Waals surface area contributed by atoms with Gasteiger partial charge in [-0.3, -0.25) is 0 Å². The Bertz CT molecular complexity index is 595. The first kappa shape index (κ1) is 13.1. The van der Waals surface area contributed by atoms with E-state index in [1.54, 1.807) is 0 Å². The van der Waals surface area contributed by atoms with Crippen LogP contribution in [0.2, 0.25) is 0 Å². The third-order valence-electron chi connectivity index (χ3n) is 3.53. The number of aliphatic hydroxyl groups is 1. The van der Waals surface area contributed by atoms with Crippen LogP contribution in [0.3, 0.4) is 0 Å². The van der Waals surface area contributed by atoms with Gasteiger partial charge >= 0.3 is 0 Å². The molecule has 1 atom stereocenters. The monoisotopic (exact) mass is 273 g/mol. The fourth-order valence-corrected chi connectivity index (χ4v) is 2.56. The van der Waals surface area contributed by atoms with Crippen molar-refractivity contribution in [2.45, 2.75) is 38.8 Å². The molecule has 1 N–H and O–H groups in total. The van der Waals surface area contributed by atoms with Gasteiger partial charge in [-0.25, -0.2) is 4.68 Å². The van der Waals surface area contributed by atoms with Crippen LogP contribution in [0.1, 0.15) is 23.2 Å². The van der Waals surface area contributed by atoms with Gasteiger partial charge in [0, 0.05) is 19.2 Å². The van der Waals surface area contributed by atoms with Gasteiger partial charge in [0.15, 0.2) is 0 Å². The third-order valence-corrected chi connectivity index (χ3v) is 3.53. The lowest BCUT2D eigenvalue weighted by Crippen LogP contribution is -2.21. The van der Waals surface area contributed by atoms with Gasteiger partial charge in [0.25, 0.3) is 0 Å². The molecule has 1 aliphatic heterocycles. The summed E-state index contributed by atoms with van der Waals surface area (Å²) in [6.45, 7) is 2.99. The maximum absolute atomic E-state index is 8.81. The summed E-state index contributed by atoms with van der Waals surface area (Å²) in [7, 11) is 0. The zero-order valence-corrected chi connectivity index (χ0v) is 11.6. The third kappa shape index (κ3) is 2.82. The molecule has 20 heavy (non-hydrogen) atoms. The first-order valence-corrected chi connectivity index (χ1v) is 7.00. The summed E-state index contributed by atoms with van der Waals surface area (Å²) >= 11 is 0. The molecular weight excluding hydrogens is 254 g/mol. The molecule has 0 spiro atoms. The summed E-state index contributed by atoms with van der Waals surface area (Å²) < 4.78 is 7.76. The van der Waals surface area contributed by atoms with Crippen LogP contribution in [0.25, 0.3) is 0 Å². The highest BCUT2D eigenvalue weighted by Gasteiger charge is 2.23. The molecule has 1 unspecified atom stereocenters. The lowest BCUT2D eigenvalue weighted by Gasteiger charge is -2.09. The number of aliphatic hydroxyl groups excluding tert-OH is 1. The van der Waals surface area contributed by atoms with E-state index < -0.39 is 0 Å². The van der Waals surface area contributed by atoms with Crippen molar-refractivity contribution in [3.8, 4) is 5.75 Å². The van der Waals surface area contributed by atoms with E-state index in [0.29, 0.717) is 6.54 Å². The van der Waals surface area contributed by atoms with Crippen LogP contribution in [-0.4, -0.2) is 32.8 Å². The molecule has 3 rings (SSSR count). The number of hydrogen-bond acceptors (Lipinski definition) is 4. The number of rotatable bonds is 5. The molecular formula is C15H19N3O2. The second kappa shape index (κ2) is 5.63. The topological polar surface area (TPSA) is 60.2 Å². The Balaban J connectivity index is 1.61. The van der Waals surface area contributed by atoms with E-state index in [4.69, 9.17) is 9.84 Å². The maximum Gasteiger partial charge on any atom is 0.123 e. The number of hydrogen-bond donors (Lipinski definition) is 1. The summed E-state index contributed by atoms with van der Waals surface area (Å²) in [4.78, 5) is 0. The lowest BCUT2D eigenvalue weighted by molar-refractivity contribution is 0.202. The summed E-state index contributed by atoms with van der Waals surface area (Å²) in [5.74, 6) is 0.987. The molecule has 5 heteroatoms. The lowest BCUT2D eigenvalue weighted by atomic mass is 10.1. The van der Waals surface area contributed by atoms with Crippen molar-refractivity contribution in [3.63, 3.8) is 0 Å². The zero-order valence-electron chi connectivity index (χ0n) is 11.6. The van der Waals surface area contributed by atoms with Crippen molar-refractivity contribution >= 4 is 0 Å². The van der Waals surface area contributed by atoms with Crippen LogP contribution in [0.5, 0.6) is 5.75 Å². The van der Waals surface area contributed by atoms with Gasteiger partial charge in [-0.2, -0.15) is 0 Å². The zero-order chi connectivity index (χ0) is 13.9. The van der Waals surface area contributed by atoms with Gasteiger partial charge in [-0.05, 0) is 31.4 Å². The predicted octanol–water partition coefficient (Wildman–Crippen LogP) is 1.52. The van der Waals surface area contributed by atoms with E-state index in [2.05, 4.69) is 29.4 Å². The Morgan fingerprint density at radius 2 is 2.35 bits per heavy atom. The Kier molecular flexibility index (Phi) is 3.69. The van der Waals surface area contributed by atoms with Crippen molar-refractivity contribution in [2.75, 3.05) is 6.61 Å². The van der Waals surface area contributed by atoms with E-state index in [9.17, 15) is 0 Å². The normalized spacial score (nSPS) is 17.0. The second-order valence-corrected chi connectivity index (χ2v) is 5.31. The highest BCUT2D eigenvalue weighted by molar-refractivity contribution is 5.40. The first-order chi connectivity index (χ1) is 9.74. The average Bonchev–Trinajstić information content (AvgIpc) is 3.02. The molecule has 0 bridgehead atoms. The molecule has 2 aromatic rings. The van der Waals surface area contributed by atoms with Crippen molar-refractivity contribution in [3.05, 3.63) is 41.2 Å². The molecule has 5 nitrogen and oxygen atoms in total. The van der Waals surface area contributed by atoms with Crippen LogP contribution < -0.4 is 4.74 Å². The standard InChI is InChI=1S/C15H19N3O2/c1-11-4-5-15-12(7-11)8-14(20-15)10-18-9-13(16-17-18)3-2-6-19/h4-5,7,9,14,19H,2-3,6,8,10H2,1H3. The fourth-order valence-electron chi connectivity index (χ4n) is 2.56. The van der Waals surface area contributed by atoms with E-state index in [1.807, 2.05) is 16.9 Å². The molecule has 0 saturated carbocycles. The molecule has 1 aromatic heterocycles. The Labute approximate surface area is 118 Å². The number of aromatic nitrogens is 3. The molecule has 0 fully saturated rings. The minimum Gasteiger partial charge on any atom is -0.488 e. The maximum atomic E-state index is 8.81. The van der Waals surface area contributed by atoms with Crippen LogP contribution in [0, 0.1) is 6.92 Å². The van der Waals surface area contributed by atoms with Crippen molar-refractivity contribution in [1.82, 2.24) is 15.0 Å². The molecule has 0 amide bonds. The van der Waals surface area contributed by atoms with E-state index in [1.165, 1.54) is 11.1 Å². The quantitative estimate of drug-likeness (QED) is 0.897. The summed E-state index contributed by atoms with van der Waals surface area (Å²) in [6.07, 6.45) is 4.47. The number of benzene rings is 1. The molecule has 1 aliphatic rings. The van der Waals surface area contributed by atoms with Crippen molar-refractivity contribution < 1.29 is 9.84 Å². The molecule has 106 valence electrons. The van der Waals surface area contributed by atoms with Crippen LogP contribution in [0.15, 0.2) is 24.4 Å². The SMILES string of the molecule is Cc1ccc2c(c1)CC(Cn1cc(CCCO)nn1)O2. The van der Waals surface area contributed by atoms with E-state index in [0.717, 1.165) is 30.7 Å². The van der Waals surface area contributed by atoms with Gasteiger partial charge in [-0.1, -0.05) is 22.9 Å². The Morgan fingerprint density at radius 1 is 1.45 bits per heavy atom. The number of aryl methyl sites for hydroxylation is 2. The Hall–Kier alpha value is -1.88. The number of nitrogens with zero attached hydrogens (tertiary/aromatic N) is 3. The average molecular weight is 273 g/mol. The molecule has 0 aliphatic carbocycles. The summed E-state index contributed by atoms with van der Waals surface area (Å²) in [6, 6.07) is 6.30. The van der Waals surface area contributed by atoms with Crippen molar-refractivity contribution in [2.24, 2.45) is 0 Å². The summed E-state index contributed by atoms with van der Waals surface area (Å²) in [5.41, 5.74) is 3.46. The van der Waals surface area contributed by atoms with Gasteiger partial charge in [0.2, 0.25) is 0 Å². The first-order valence-electron chi connectivity index (χ1n) is 7.00. The molecule has 0 radical (unpaired) electrons. The highest BCUT2D eigenvalue weighted by Crippen LogP contribution is 2.29. The summed E-state index contributed by atoms with van der Waals surface area (Å²) in [5, 5.41) is 17.0. The van der Waals surface area contributed by atoms with E-state index in [-0.39, 0.29) is 12.7 Å². The number of fused-ring (bicyclic) bond motifs is 1. The molecule has 0 saturated heterocycles. The van der Waals surface area contributed by atoms with Crippen molar-refractivity contribution in [1.29, 1.82) is 0 Å². The minimum atomic E-state index is 0.124. The second-order valence-electron chi connectivity index (χ2n) is 5.31. The highest BCUT2D eigenvalue weighted by atomic mass is 16.5. The van der Waals surface area contributed by atoms with Gasteiger partial charge < -0.3 is 9.84 Å².